The number of nitrogens with two attached hydrogens (primary N) is 1. The Morgan fingerprint density at radius 1 is 1.18 bits per heavy atom. The van der Waals surface area contributed by atoms with Crippen molar-refractivity contribution in [1.82, 2.24) is 15.5 Å². The highest BCUT2D eigenvalue weighted by Crippen LogP contribution is 1.96. The molecule has 0 bridgehead atoms. The molecule has 0 aliphatic carbocycles. The second-order valence-corrected chi connectivity index (χ2v) is 3.51. The van der Waals surface area contributed by atoms with E-state index < -0.39 is 11.9 Å². The van der Waals surface area contributed by atoms with Crippen LogP contribution in [0.3, 0.4) is 0 Å². The summed E-state index contributed by atoms with van der Waals surface area (Å²) in [6.07, 6.45) is 0. The second-order valence-electron chi connectivity index (χ2n) is 3.51. The fourth-order valence-corrected chi connectivity index (χ4v) is 1.39. The molecule has 0 saturated carbocycles. The molecule has 0 aromatic heterocycles. The largest absolute Gasteiger partial charge is 0.378 e. The molecular formula is C9H16N4O4. The Balaban J connectivity index is 2.15. The molecule has 1 aliphatic rings. The Labute approximate surface area is 98.5 Å². The van der Waals surface area contributed by atoms with Gasteiger partial charge in [-0.05, 0) is 0 Å². The summed E-state index contributed by atoms with van der Waals surface area (Å²) in [6.45, 7) is 2.12. The first kappa shape index (κ1) is 13.4. The van der Waals surface area contributed by atoms with Crippen LogP contribution in [0.15, 0.2) is 0 Å². The zero-order chi connectivity index (χ0) is 12.7. The zero-order valence-corrected chi connectivity index (χ0v) is 9.40. The van der Waals surface area contributed by atoms with Crippen LogP contribution in [0, 0.1) is 0 Å². The van der Waals surface area contributed by atoms with E-state index in [4.69, 9.17) is 10.5 Å². The summed E-state index contributed by atoms with van der Waals surface area (Å²) in [5.41, 5.74) is 4.75. The van der Waals surface area contributed by atoms with E-state index in [-0.39, 0.29) is 19.0 Å². The second kappa shape index (κ2) is 6.81. The highest BCUT2D eigenvalue weighted by atomic mass is 16.5. The molecule has 0 spiro atoms. The van der Waals surface area contributed by atoms with Gasteiger partial charge in [-0.1, -0.05) is 0 Å². The molecule has 4 amide bonds. The predicted octanol–water partition coefficient (Wildman–Crippen LogP) is -2.37. The third-order valence-corrected chi connectivity index (χ3v) is 2.19. The van der Waals surface area contributed by atoms with Crippen molar-refractivity contribution in [1.29, 1.82) is 0 Å². The third kappa shape index (κ3) is 5.27. The van der Waals surface area contributed by atoms with Crippen molar-refractivity contribution in [2.45, 2.75) is 0 Å². The number of imide groups is 1. The number of ether oxygens (including phenoxy) is 1. The Bertz CT molecular complexity index is 301. The molecule has 0 atom stereocenters. The first-order chi connectivity index (χ1) is 8.09. The summed E-state index contributed by atoms with van der Waals surface area (Å²) < 4.78 is 5.11. The van der Waals surface area contributed by atoms with Crippen LogP contribution in [-0.2, 0) is 14.3 Å². The lowest BCUT2D eigenvalue weighted by Gasteiger charge is -2.26. The van der Waals surface area contributed by atoms with Gasteiger partial charge in [0.25, 0.3) is 0 Å². The standard InChI is InChI=1S/C9H16N4O4/c10-9(16)12-7(14)5-11-6-8(15)13-1-3-17-4-2-13/h11H,1-6H2,(H3,10,12,14,16). The summed E-state index contributed by atoms with van der Waals surface area (Å²) in [5, 5.41) is 4.52. The topological polar surface area (TPSA) is 114 Å². The number of rotatable bonds is 4. The predicted molar refractivity (Wildman–Crippen MR) is 58.0 cm³/mol. The summed E-state index contributed by atoms with van der Waals surface area (Å²) in [5.74, 6) is -0.660. The Morgan fingerprint density at radius 3 is 2.41 bits per heavy atom. The SMILES string of the molecule is NC(=O)NC(=O)CNCC(=O)N1CCOCC1. The molecule has 1 saturated heterocycles. The number of hydrogen-bond donors (Lipinski definition) is 3. The van der Waals surface area contributed by atoms with Gasteiger partial charge in [-0.25, -0.2) is 4.79 Å². The van der Waals surface area contributed by atoms with Crippen molar-refractivity contribution in [2.75, 3.05) is 39.4 Å². The lowest BCUT2D eigenvalue weighted by molar-refractivity contribution is -0.134. The van der Waals surface area contributed by atoms with Gasteiger partial charge < -0.3 is 15.4 Å². The van der Waals surface area contributed by atoms with Gasteiger partial charge in [0.2, 0.25) is 11.8 Å². The Kier molecular flexibility index (Phi) is 5.37. The third-order valence-electron chi connectivity index (χ3n) is 2.19. The summed E-state index contributed by atoms with van der Waals surface area (Å²) in [7, 11) is 0. The molecule has 0 unspecified atom stereocenters. The monoisotopic (exact) mass is 244 g/mol. The quantitative estimate of drug-likeness (QED) is 0.511. The highest BCUT2D eigenvalue weighted by molar-refractivity contribution is 5.94. The lowest BCUT2D eigenvalue weighted by atomic mass is 10.4. The minimum Gasteiger partial charge on any atom is -0.378 e. The van der Waals surface area contributed by atoms with E-state index in [1.165, 1.54) is 0 Å². The van der Waals surface area contributed by atoms with E-state index in [0.29, 0.717) is 26.3 Å². The van der Waals surface area contributed by atoms with Crippen LogP contribution in [-0.4, -0.2) is 62.1 Å². The lowest BCUT2D eigenvalue weighted by Crippen LogP contribution is -2.47. The Hall–Kier alpha value is -1.67. The summed E-state index contributed by atoms with van der Waals surface area (Å²) >= 11 is 0. The number of primary amides is 1. The van der Waals surface area contributed by atoms with Crippen LogP contribution in [0.4, 0.5) is 4.79 Å². The molecular weight excluding hydrogens is 228 g/mol. The maximum atomic E-state index is 11.6. The average Bonchev–Trinajstić information content (AvgIpc) is 2.29. The van der Waals surface area contributed by atoms with Crippen molar-refractivity contribution >= 4 is 17.8 Å². The molecule has 0 radical (unpaired) electrons. The fourth-order valence-electron chi connectivity index (χ4n) is 1.39. The maximum Gasteiger partial charge on any atom is 0.318 e. The fraction of sp³-hybridized carbons (Fsp3) is 0.667. The van der Waals surface area contributed by atoms with Gasteiger partial charge in [0, 0.05) is 13.1 Å². The van der Waals surface area contributed by atoms with Crippen LogP contribution in [0.2, 0.25) is 0 Å². The molecule has 0 aromatic carbocycles. The number of morpholine rings is 1. The van der Waals surface area contributed by atoms with Gasteiger partial charge in [-0.3, -0.25) is 20.2 Å². The molecule has 96 valence electrons. The molecule has 0 aromatic rings. The minimum atomic E-state index is -0.906. The molecule has 1 heterocycles. The van der Waals surface area contributed by atoms with Crippen molar-refractivity contribution < 1.29 is 19.1 Å². The number of carbonyl (C=O) groups is 3. The van der Waals surface area contributed by atoms with Gasteiger partial charge >= 0.3 is 6.03 Å². The van der Waals surface area contributed by atoms with Gasteiger partial charge in [0.1, 0.15) is 0 Å². The summed E-state index contributed by atoms with van der Waals surface area (Å²) in [6, 6.07) is -0.906. The smallest absolute Gasteiger partial charge is 0.318 e. The highest BCUT2D eigenvalue weighted by Gasteiger charge is 2.16. The van der Waals surface area contributed by atoms with Crippen LogP contribution in [0.1, 0.15) is 0 Å². The van der Waals surface area contributed by atoms with Crippen LogP contribution in [0.5, 0.6) is 0 Å². The first-order valence-corrected chi connectivity index (χ1v) is 5.25. The van der Waals surface area contributed by atoms with Crippen LogP contribution in [0.25, 0.3) is 0 Å². The number of carbonyl (C=O) groups excluding carboxylic acids is 3. The van der Waals surface area contributed by atoms with E-state index in [1.54, 1.807) is 4.90 Å². The normalized spacial score (nSPS) is 15.4. The van der Waals surface area contributed by atoms with Gasteiger partial charge in [0.05, 0.1) is 26.3 Å². The molecule has 8 nitrogen and oxygen atoms in total. The van der Waals surface area contributed by atoms with Crippen LogP contribution >= 0.6 is 0 Å². The van der Waals surface area contributed by atoms with E-state index >= 15 is 0 Å². The van der Waals surface area contributed by atoms with Gasteiger partial charge in [-0.15, -0.1) is 0 Å². The van der Waals surface area contributed by atoms with Crippen molar-refractivity contribution in [3.8, 4) is 0 Å². The molecule has 1 rings (SSSR count). The molecule has 1 aliphatic heterocycles. The van der Waals surface area contributed by atoms with Crippen molar-refractivity contribution in [2.24, 2.45) is 5.73 Å². The number of urea groups is 1. The molecule has 8 heteroatoms. The minimum absolute atomic E-state index is 0.0478. The summed E-state index contributed by atoms with van der Waals surface area (Å²) in [4.78, 5) is 34.6. The van der Waals surface area contributed by atoms with Gasteiger partial charge in [0.15, 0.2) is 0 Å². The number of amides is 4. The van der Waals surface area contributed by atoms with E-state index in [1.807, 2.05) is 5.32 Å². The van der Waals surface area contributed by atoms with E-state index in [2.05, 4.69) is 5.32 Å². The molecule has 4 N–H and O–H groups in total. The van der Waals surface area contributed by atoms with Crippen LogP contribution < -0.4 is 16.4 Å². The first-order valence-electron chi connectivity index (χ1n) is 5.25. The number of nitrogens with one attached hydrogen (secondary N) is 2. The van der Waals surface area contributed by atoms with E-state index in [0.717, 1.165) is 0 Å². The van der Waals surface area contributed by atoms with Gasteiger partial charge in [-0.2, -0.15) is 0 Å². The molecule has 1 fully saturated rings. The van der Waals surface area contributed by atoms with Crippen molar-refractivity contribution in [3.63, 3.8) is 0 Å². The van der Waals surface area contributed by atoms with E-state index in [9.17, 15) is 14.4 Å². The van der Waals surface area contributed by atoms with Crippen molar-refractivity contribution in [3.05, 3.63) is 0 Å². The molecule has 17 heavy (non-hydrogen) atoms. The maximum absolute atomic E-state index is 11.6. The number of hydrogen-bond acceptors (Lipinski definition) is 5. The zero-order valence-electron chi connectivity index (χ0n) is 9.40. The Morgan fingerprint density at radius 2 is 1.82 bits per heavy atom. The number of nitrogens with zero attached hydrogens (tertiary/aromatic N) is 1. The average molecular weight is 244 g/mol.